The van der Waals surface area contributed by atoms with E-state index < -0.39 is 0 Å². The van der Waals surface area contributed by atoms with Gasteiger partial charge in [0.15, 0.2) is 0 Å². The summed E-state index contributed by atoms with van der Waals surface area (Å²) in [6, 6.07) is 10.1. The average molecular weight is 384 g/mol. The van der Waals surface area contributed by atoms with Gasteiger partial charge in [0, 0.05) is 5.92 Å². The lowest BCUT2D eigenvalue weighted by atomic mass is 10.1. The van der Waals surface area contributed by atoms with Crippen molar-refractivity contribution in [3.8, 4) is 0 Å². The Morgan fingerprint density at radius 3 is 2.56 bits per heavy atom. The van der Waals surface area contributed by atoms with Crippen molar-refractivity contribution in [2.75, 3.05) is 5.32 Å². The number of nitrogens with one attached hydrogen (secondary N) is 1. The van der Waals surface area contributed by atoms with Crippen molar-refractivity contribution in [2.45, 2.75) is 52.5 Å². The highest BCUT2D eigenvalue weighted by atomic mass is 32.1. The predicted octanol–water partition coefficient (Wildman–Crippen LogP) is 4.50. The maximum atomic E-state index is 12.8. The van der Waals surface area contributed by atoms with Crippen LogP contribution in [-0.2, 0) is 13.0 Å². The molecule has 0 unspecified atom stereocenters. The summed E-state index contributed by atoms with van der Waals surface area (Å²) in [6.07, 6.45) is 4.40. The molecule has 0 bridgehead atoms. The molecule has 1 aromatic carbocycles. The van der Waals surface area contributed by atoms with Gasteiger partial charge in [0.05, 0.1) is 24.0 Å². The van der Waals surface area contributed by atoms with E-state index in [0.717, 1.165) is 35.5 Å². The predicted molar refractivity (Wildman–Crippen MR) is 108 cm³/mol. The largest absolute Gasteiger partial charge is 0.296 e. The molecule has 0 aliphatic rings. The van der Waals surface area contributed by atoms with E-state index in [1.165, 1.54) is 11.3 Å². The maximum absolute atomic E-state index is 12.8. The standard InChI is InChI=1S/C20H25N5OS/c1-4-15(5-2)19-23-24-20(27-19)22-18(26)16-12-21-25(17(16)6-3)13-14-10-8-7-9-11-14/h7-12,15H,4-6,13H2,1-3H3,(H,22,24,26). The second-order valence-electron chi connectivity index (χ2n) is 6.41. The second-order valence-corrected chi connectivity index (χ2v) is 7.42. The van der Waals surface area contributed by atoms with E-state index in [-0.39, 0.29) is 5.91 Å². The van der Waals surface area contributed by atoms with Crippen molar-refractivity contribution in [2.24, 2.45) is 0 Å². The molecule has 0 atom stereocenters. The number of hydrogen-bond acceptors (Lipinski definition) is 5. The zero-order valence-electron chi connectivity index (χ0n) is 16.0. The molecule has 0 saturated carbocycles. The molecule has 0 radical (unpaired) electrons. The van der Waals surface area contributed by atoms with Gasteiger partial charge in [-0.05, 0) is 24.8 Å². The van der Waals surface area contributed by atoms with Crippen LogP contribution in [0.15, 0.2) is 36.5 Å². The quantitative estimate of drug-likeness (QED) is 0.621. The summed E-state index contributed by atoms with van der Waals surface area (Å²) < 4.78 is 1.89. The minimum Gasteiger partial charge on any atom is -0.296 e. The van der Waals surface area contributed by atoms with Gasteiger partial charge in [-0.15, -0.1) is 10.2 Å². The monoisotopic (exact) mass is 383 g/mol. The molecule has 0 fully saturated rings. The Morgan fingerprint density at radius 2 is 1.89 bits per heavy atom. The fraction of sp³-hybridized carbons (Fsp3) is 0.400. The van der Waals surface area contributed by atoms with Crippen LogP contribution in [0.2, 0.25) is 0 Å². The first-order chi connectivity index (χ1) is 13.2. The van der Waals surface area contributed by atoms with E-state index >= 15 is 0 Å². The highest BCUT2D eigenvalue weighted by Crippen LogP contribution is 2.28. The summed E-state index contributed by atoms with van der Waals surface area (Å²) in [7, 11) is 0. The first-order valence-electron chi connectivity index (χ1n) is 9.39. The molecule has 1 amide bonds. The fourth-order valence-corrected chi connectivity index (χ4v) is 4.12. The molecule has 27 heavy (non-hydrogen) atoms. The highest BCUT2D eigenvalue weighted by Gasteiger charge is 2.19. The molecular weight excluding hydrogens is 358 g/mol. The Balaban J connectivity index is 1.75. The third-order valence-corrected chi connectivity index (χ3v) is 5.70. The van der Waals surface area contributed by atoms with E-state index in [1.54, 1.807) is 6.20 Å². The minimum atomic E-state index is -0.182. The second kappa shape index (κ2) is 8.90. The van der Waals surface area contributed by atoms with E-state index in [1.807, 2.05) is 29.8 Å². The molecule has 3 rings (SSSR count). The number of anilines is 1. The van der Waals surface area contributed by atoms with E-state index in [0.29, 0.717) is 23.2 Å². The summed E-state index contributed by atoms with van der Waals surface area (Å²) in [5.41, 5.74) is 2.66. The van der Waals surface area contributed by atoms with Gasteiger partial charge in [0.1, 0.15) is 5.01 Å². The number of benzene rings is 1. The molecule has 6 nitrogen and oxygen atoms in total. The molecule has 2 heterocycles. The average Bonchev–Trinajstić information content (AvgIpc) is 3.30. The molecule has 0 aliphatic heterocycles. The topological polar surface area (TPSA) is 72.7 Å². The number of carbonyl (C=O) groups excluding carboxylic acids is 1. The Hall–Kier alpha value is -2.54. The lowest BCUT2D eigenvalue weighted by molar-refractivity contribution is 0.102. The summed E-state index contributed by atoms with van der Waals surface area (Å²) in [5, 5.41) is 17.2. The number of aromatic nitrogens is 4. The molecule has 1 N–H and O–H groups in total. The normalized spacial score (nSPS) is 11.1. The number of carbonyl (C=O) groups is 1. The molecule has 142 valence electrons. The molecule has 3 aromatic rings. The highest BCUT2D eigenvalue weighted by molar-refractivity contribution is 7.15. The first kappa shape index (κ1) is 19.2. The molecule has 0 aliphatic carbocycles. The Bertz CT molecular complexity index is 883. The van der Waals surface area contributed by atoms with E-state index in [4.69, 9.17) is 0 Å². The van der Waals surface area contributed by atoms with Crippen LogP contribution in [0.3, 0.4) is 0 Å². The van der Waals surface area contributed by atoms with Gasteiger partial charge in [0.2, 0.25) is 5.13 Å². The lowest BCUT2D eigenvalue weighted by Crippen LogP contribution is -2.15. The number of hydrogen-bond donors (Lipinski definition) is 1. The van der Waals surface area contributed by atoms with Crippen molar-refractivity contribution in [1.82, 2.24) is 20.0 Å². The van der Waals surface area contributed by atoms with Crippen LogP contribution in [0.4, 0.5) is 5.13 Å². The van der Waals surface area contributed by atoms with Gasteiger partial charge in [-0.2, -0.15) is 5.10 Å². The van der Waals surface area contributed by atoms with Gasteiger partial charge < -0.3 is 0 Å². The van der Waals surface area contributed by atoms with Gasteiger partial charge in [-0.1, -0.05) is 62.4 Å². The lowest BCUT2D eigenvalue weighted by Gasteiger charge is -2.08. The zero-order chi connectivity index (χ0) is 19.2. The van der Waals surface area contributed by atoms with Crippen molar-refractivity contribution in [3.63, 3.8) is 0 Å². The SMILES string of the molecule is CCc1c(C(=O)Nc2nnc(C(CC)CC)s2)cnn1Cc1ccccc1. The number of amides is 1. The minimum absolute atomic E-state index is 0.182. The van der Waals surface area contributed by atoms with E-state index in [2.05, 4.69) is 46.6 Å². The third kappa shape index (κ3) is 4.42. The van der Waals surface area contributed by atoms with Crippen molar-refractivity contribution >= 4 is 22.4 Å². The maximum Gasteiger partial charge on any atom is 0.260 e. The number of rotatable bonds is 8. The zero-order valence-corrected chi connectivity index (χ0v) is 16.8. The van der Waals surface area contributed by atoms with Gasteiger partial charge in [-0.25, -0.2) is 0 Å². The van der Waals surface area contributed by atoms with Crippen molar-refractivity contribution in [1.29, 1.82) is 0 Å². The Labute approximate surface area is 163 Å². The Kier molecular flexibility index (Phi) is 6.34. The van der Waals surface area contributed by atoms with Gasteiger partial charge in [0.25, 0.3) is 5.91 Å². The smallest absolute Gasteiger partial charge is 0.260 e. The molecular formula is C20H25N5OS. The van der Waals surface area contributed by atoms with Crippen molar-refractivity contribution < 1.29 is 4.79 Å². The number of nitrogens with zero attached hydrogens (tertiary/aromatic N) is 4. The van der Waals surface area contributed by atoms with Gasteiger partial charge >= 0.3 is 0 Å². The summed E-state index contributed by atoms with van der Waals surface area (Å²) in [4.78, 5) is 12.8. The van der Waals surface area contributed by atoms with Crippen LogP contribution in [0.5, 0.6) is 0 Å². The molecule has 2 aromatic heterocycles. The van der Waals surface area contributed by atoms with Crippen molar-refractivity contribution in [3.05, 3.63) is 58.4 Å². The summed E-state index contributed by atoms with van der Waals surface area (Å²) in [5.74, 6) is 0.214. The fourth-order valence-electron chi connectivity index (χ4n) is 3.12. The summed E-state index contributed by atoms with van der Waals surface area (Å²) >= 11 is 1.45. The first-order valence-corrected chi connectivity index (χ1v) is 10.2. The third-order valence-electron chi connectivity index (χ3n) is 4.70. The summed E-state index contributed by atoms with van der Waals surface area (Å²) in [6.45, 7) is 6.96. The molecule has 0 saturated heterocycles. The van der Waals surface area contributed by atoms with Crippen LogP contribution < -0.4 is 5.32 Å². The van der Waals surface area contributed by atoms with Crippen LogP contribution in [0.25, 0.3) is 0 Å². The van der Waals surface area contributed by atoms with Gasteiger partial charge in [-0.3, -0.25) is 14.8 Å². The van der Waals surface area contributed by atoms with E-state index in [9.17, 15) is 4.79 Å². The van der Waals surface area contributed by atoms with Crippen LogP contribution >= 0.6 is 11.3 Å². The van der Waals surface area contributed by atoms with Crippen LogP contribution in [0, 0.1) is 0 Å². The Morgan fingerprint density at radius 1 is 1.15 bits per heavy atom. The molecule has 0 spiro atoms. The van der Waals surface area contributed by atoms with Crippen LogP contribution in [-0.4, -0.2) is 25.9 Å². The molecule has 7 heteroatoms. The van der Waals surface area contributed by atoms with Crippen LogP contribution in [0.1, 0.15) is 66.2 Å².